The normalized spacial score (nSPS) is 11.8. The number of hydrogen-bond donors (Lipinski definition) is 1. The van der Waals surface area contributed by atoms with Crippen molar-refractivity contribution in [3.05, 3.63) is 63.9 Å². The van der Waals surface area contributed by atoms with Gasteiger partial charge in [-0.2, -0.15) is 0 Å². The summed E-state index contributed by atoms with van der Waals surface area (Å²) >= 11 is 11.9. The molecule has 0 aromatic heterocycles. The second-order valence-electron chi connectivity index (χ2n) is 4.62. The fraction of sp³-hybridized carbons (Fsp3) is 0.188. The molecule has 0 saturated heterocycles. The number of rotatable bonds is 5. The lowest BCUT2D eigenvalue weighted by Crippen LogP contribution is -2.36. The maximum Gasteiger partial charge on any atom is 0.261 e. The zero-order valence-corrected chi connectivity index (χ0v) is 13.3. The van der Waals surface area contributed by atoms with E-state index < -0.39 is 6.10 Å². The molecule has 0 spiro atoms. The van der Waals surface area contributed by atoms with E-state index in [1.165, 1.54) is 6.07 Å². The van der Waals surface area contributed by atoms with Crippen LogP contribution in [0.25, 0.3) is 0 Å². The average Bonchev–Trinajstić information content (AvgIpc) is 2.50. The molecular weight excluding hydrogens is 328 g/mol. The van der Waals surface area contributed by atoms with E-state index in [-0.39, 0.29) is 23.3 Å². The van der Waals surface area contributed by atoms with Crippen molar-refractivity contribution in [1.82, 2.24) is 5.32 Å². The summed E-state index contributed by atoms with van der Waals surface area (Å²) in [5.41, 5.74) is 0.406. The number of halogens is 3. The second-order valence-corrected chi connectivity index (χ2v) is 5.41. The first kappa shape index (κ1) is 16.6. The van der Waals surface area contributed by atoms with Crippen LogP contribution in [0.3, 0.4) is 0 Å². The van der Waals surface area contributed by atoms with Gasteiger partial charge in [0.1, 0.15) is 16.6 Å². The highest BCUT2D eigenvalue weighted by molar-refractivity contribution is 6.42. The Hall–Kier alpha value is -1.78. The Bertz CT molecular complexity index is 679. The van der Waals surface area contributed by atoms with Gasteiger partial charge in [0.2, 0.25) is 0 Å². The Morgan fingerprint density at radius 2 is 1.95 bits per heavy atom. The predicted molar refractivity (Wildman–Crippen MR) is 84.8 cm³/mol. The number of nitrogens with one attached hydrogen (secondary N) is 1. The van der Waals surface area contributed by atoms with Crippen LogP contribution in [-0.2, 0) is 11.3 Å². The zero-order chi connectivity index (χ0) is 16.1. The van der Waals surface area contributed by atoms with Crippen molar-refractivity contribution < 1.29 is 13.9 Å². The number of amides is 1. The largest absolute Gasteiger partial charge is 0.479 e. The first-order valence-electron chi connectivity index (χ1n) is 6.61. The SMILES string of the molecule is CC(Oc1cccc(Cl)c1Cl)C(=O)NCc1ccccc1F. The molecule has 2 aromatic carbocycles. The van der Waals surface area contributed by atoms with E-state index in [1.807, 2.05) is 0 Å². The van der Waals surface area contributed by atoms with Crippen LogP contribution in [0.1, 0.15) is 12.5 Å². The summed E-state index contributed by atoms with van der Waals surface area (Å²) in [6, 6.07) is 11.2. The molecule has 2 rings (SSSR count). The maximum atomic E-state index is 13.5. The summed E-state index contributed by atoms with van der Waals surface area (Å²) in [6.45, 7) is 1.66. The Balaban J connectivity index is 1.95. The van der Waals surface area contributed by atoms with Crippen LogP contribution < -0.4 is 10.1 Å². The standard InChI is InChI=1S/C16H14Cl2FNO2/c1-10(22-14-8-4-6-12(17)15(14)18)16(21)20-9-11-5-2-3-7-13(11)19/h2-8,10H,9H2,1H3,(H,20,21). The van der Waals surface area contributed by atoms with E-state index in [2.05, 4.69) is 5.32 Å². The van der Waals surface area contributed by atoms with E-state index in [4.69, 9.17) is 27.9 Å². The third-order valence-electron chi connectivity index (χ3n) is 3.00. The maximum absolute atomic E-state index is 13.5. The number of carbonyl (C=O) groups excluding carboxylic acids is 1. The molecule has 0 saturated carbocycles. The molecule has 0 heterocycles. The molecule has 1 amide bonds. The van der Waals surface area contributed by atoms with Gasteiger partial charge in [0, 0.05) is 12.1 Å². The molecule has 0 radical (unpaired) electrons. The summed E-state index contributed by atoms with van der Waals surface area (Å²) in [7, 11) is 0. The van der Waals surface area contributed by atoms with E-state index in [1.54, 1.807) is 43.3 Å². The molecule has 2 aromatic rings. The molecule has 1 unspecified atom stereocenters. The fourth-order valence-corrected chi connectivity index (χ4v) is 2.12. The van der Waals surface area contributed by atoms with Crippen molar-refractivity contribution in [1.29, 1.82) is 0 Å². The van der Waals surface area contributed by atoms with Gasteiger partial charge >= 0.3 is 0 Å². The third-order valence-corrected chi connectivity index (χ3v) is 3.80. The second kappa shape index (κ2) is 7.47. The smallest absolute Gasteiger partial charge is 0.261 e. The van der Waals surface area contributed by atoms with Gasteiger partial charge in [0.25, 0.3) is 5.91 Å². The molecule has 0 bridgehead atoms. The van der Waals surface area contributed by atoms with E-state index in [0.717, 1.165) is 0 Å². The topological polar surface area (TPSA) is 38.3 Å². The summed E-state index contributed by atoms with van der Waals surface area (Å²) in [6.07, 6.45) is -0.789. The molecular formula is C16H14Cl2FNO2. The Labute approximate surface area is 138 Å². The minimum absolute atomic E-state index is 0.0858. The van der Waals surface area contributed by atoms with E-state index >= 15 is 0 Å². The van der Waals surface area contributed by atoms with Crippen molar-refractivity contribution in [2.45, 2.75) is 19.6 Å². The quantitative estimate of drug-likeness (QED) is 0.884. The number of benzene rings is 2. The lowest BCUT2D eigenvalue weighted by molar-refractivity contribution is -0.127. The highest BCUT2D eigenvalue weighted by Crippen LogP contribution is 2.32. The van der Waals surface area contributed by atoms with Gasteiger partial charge in [0.15, 0.2) is 6.10 Å². The van der Waals surface area contributed by atoms with Crippen LogP contribution in [0.5, 0.6) is 5.75 Å². The van der Waals surface area contributed by atoms with Gasteiger partial charge in [-0.3, -0.25) is 4.79 Å². The number of carbonyl (C=O) groups is 1. The highest BCUT2D eigenvalue weighted by Gasteiger charge is 2.17. The van der Waals surface area contributed by atoms with Gasteiger partial charge in [0.05, 0.1) is 5.02 Å². The summed E-state index contributed by atoms with van der Waals surface area (Å²) in [5, 5.41) is 3.21. The van der Waals surface area contributed by atoms with E-state index in [0.29, 0.717) is 16.3 Å². The monoisotopic (exact) mass is 341 g/mol. The van der Waals surface area contributed by atoms with Crippen LogP contribution in [0, 0.1) is 5.82 Å². The van der Waals surface area contributed by atoms with Crippen LogP contribution in [0.2, 0.25) is 10.0 Å². The van der Waals surface area contributed by atoms with Crippen molar-refractivity contribution >= 4 is 29.1 Å². The average molecular weight is 342 g/mol. The molecule has 116 valence electrons. The summed E-state index contributed by atoms with van der Waals surface area (Å²) in [5.74, 6) is -0.420. The van der Waals surface area contributed by atoms with Crippen molar-refractivity contribution in [3.8, 4) is 5.75 Å². The molecule has 1 atom stereocenters. The van der Waals surface area contributed by atoms with Crippen LogP contribution in [0.15, 0.2) is 42.5 Å². The lowest BCUT2D eigenvalue weighted by Gasteiger charge is -2.16. The molecule has 0 aliphatic rings. The zero-order valence-electron chi connectivity index (χ0n) is 11.8. The van der Waals surface area contributed by atoms with Crippen molar-refractivity contribution in [2.75, 3.05) is 0 Å². The van der Waals surface area contributed by atoms with Crippen LogP contribution in [-0.4, -0.2) is 12.0 Å². The molecule has 3 nitrogen and oxygen atoms in total. The van der Waals surface area contributed by atoms with Crippen LogP contribution >= 0.6 is 23.2 Å². The predicted octanol–water partition coefficient (Wildman–Crippen LogP) is 4.22. The highest BCUT2D eigenvalue weighted by atomic mass is 35.5. The van der Waals surface area contributed by atoms with Gasteiger partial charge in [-0.15, -0.1) is 0 Å². The molecule has 22 heavy (non-hydrogen) atoms. The first-order valence-corrected chi connectivity index (χ1v) is 7.36. The third kappa shape index (κ3) is 4.12. The minimum Gasteiger partial charge on any atom is -0.479 e. The minimum atomic E-state index is -0.789. The number of ether oxygens (including phenoxy) is 1. The Kier molecular flexibility index (Phi) is 5.63. The molecule has 0 aliphatic carbocycles. The Morgan fingerprint density at radius 3 is 2.68 bits per heavy atom. The summed E-state index contributed by atoms with van der Waals surface area (Å²) < 4.78 is 19.0. The van der Waals surface area contributed by atoms with Gasteiger partial charge in [-0.25, -0.2) is 4.39 Å². The van der Waals surface area contributed by atoms with E-state index in [9.17, 15) is 9.18 Å². The van der Waals surface area contributed by atoms with Gasteiger partial charge < -0.3 is 10.1 Å². The first-order chi connectivity index (χ1) is 10.5. The lowest BCUT2D eigenvalue weighted by atomic mass is 10.2. The molecule has 0 aliphatic heterocycles. The van der Waals surface area contributed by atoms with Crippen molar-refractivity contribution in [2.24, 2.45) is 0 Å². The summed E-state index contributed by atoms with van der Waals surface area (Å²) in [4.78, 5) is 12.0. The number of hydrogen-bond acceptors (Lipinski definition) is 2. The van der Waals surface area contributed by atoms with Gasteiger partial charge in [-0.05, 0) is 25.1 Å². The molecule has 6 heteroatoms. The van der Waals surface area contributed by atoms with Gasteiger partial charge in [-0.1, -0.05) is 47.5 Å². The van der Waals surface area contributed by atoms with Crippen molar-refractivity contribution in [3.63, 3.8) is 0 Å². The fourth-order valence-electron chi connectivity index (χ4n) is 1.79. The molecule has 1 N–H and O–H groups in total. The Morgan fingerprint density at radius 1 is 1.23 bits per heavy atom. The molecule has 0 fully saturated rings. The van der Waals surface area contributed by atoms with Crippen LogP contribution in [0.4, 0.5) is 4.39 Å².